The molecule has 0 radical (unpaired) electrons. The molecule has 4 N–H and O–H groups in total. The van der Waals surface area contributed by atoms with Gasteiger partial charge < -0.3 is 15.0 Å². The normalized spacial score (nSPS) is 11.8. The molecule has 0 saturated heterocycles. The number of nitrogens with zero attached hydrogens (tertiary/aromatic N) is 3. The second kappa shape index (κ2) is 5.91. The van der Waals surface area contributed by atoms with E-state index in [1.807, 2.05) is 0 Å². The number of nitrogens with two attached hydrogens (primary N) is 1. The van der Waals surface area contributed by atoms with E-state index in [0.29, 0.717) is 17.8 Å². The average molecular weight is 298 g/mol. The molecule has 2 aromatic heterocycles. The summed E-state index contributed by atoms with van der Waals surface area (Å²) in [7, 11) is -2.32. The van der Waals surface area contributed by atoms with E-state index in [-0.39, 0.29) is 24.4 Å². The van der Waals surface area contributed by atoms with Crippen LogP contribution in [0.15, 0.2) is 23.3 Å². The van der Waals surface area contributed by atoms with Gasteiger partial charge in [-0.2, -0.15) is 9.88 Å². The highest BCUT2D eigenvalue weighted by molar-refractivity contribution is 7.37. The molecule has 2 rings (SSSR count). The van der Waals surface area contributed by atoms with Crippen molar-refractivity contribution in [3.8, 4) is 0 Å². The largest absolute Gasteiger partial charge is 0.534 e. The fourth-order valence-corrected chi connectivity index (χ4v) is 1.89. The van der Waals surface area contributed by atoms with Crippen molar-refractivity contribution in [2.45, 2.75) is 6.54 Å². The number of fused-ring (bicyclic) bond motifs is 1. The summed E-state index contributed by atoms with van der Waals surface area (Å²) in [4.78, 5) is 30.5. The Labute approximate surface area is 114 Å². The number of nitrogens with one attached hydrogen (secondary N) is 1. The zero-order chi connectivity index (χ0) is 14.7. The van der Waals surface area contributed by atoms with Crippen LogP contribution in [0.25, 0.3) is 11.2 Å². The molecule has 2 aromatic rings. The van der Waals surface area contributed by atoms with Crippen LogP contribution in [0.2, 0.25) is 0 Å². The molecule has 0 aliphatic rings. The van der Waals surface area contributed by atoms with Crippen molar-refractivity contribution in [1.29, 1.82) is 0 Å². The number of aromatic amines is 1. The number of imidazole rings is 1. The molecule has 106 valence electrons. The Hall–Kier alpha value is -2.09. The summed E-state index contributed by atoms with van der Waals surface area (Å²) in [5.41, 5.74) is 6.24. The number of anilines is 1. The molecule has 1 unspecified atom stereocenters. The quantitative estimate of drug-likeness (QED) is 0.503. The van der Waals surface area contributed by atoms with E-state index in [1.54, 1.807) is 4.57 Å². The smallest absolute Gasteiger partial charge is 0.369 e. The fraction of sp³-hybridized carbons (Fsp3) is 0.300. The van der Waals surface area contributed by atoms with Gasteiger partial charge in [-0.25, -0.2) is 4.98 Å². The molecular weight excluding hydrogens is 285 g/mol. The molecule has 0 bridgehead atoms. The van der Waals surface area contributed by atoms with Crippen LogP contribution in [-0.4, -0.2) is 37.4 Å². The Bertz CT molecular complexity index is 722. The van der Waals surface area contributed by atoms with Crippen LogP contribution in [0.3, 0.4) is 0 Å². The van der Waals surface area contributed by atoms with Gasteiger partial charge in [0.2, 0.25) is 5.95 Å². The minimum Gasteiger partial charge on any atom is -0.369 e. The SMILES string of the molecule is C=C(COC[P+](=O)O)Cn1cnc2c(=O)[nH]c(N)nc21. The molecule has 0 fully saturated rings. The molecule has 0 saturated carbocycles. The van der Waals surface area contributed by atoms with Gasteiger partial charge >= 0.3 is 8.03 Å². The van der Waals surface area contributed by atoms with Gasteiger partial charge in [-0.05, 0) is 10.1 Å². The summed E-state index contributed by atoms with van der Waals surface area (Å²) in [6, 6.07) is 0. The van der Waals surface area contributed by atoms with Crippen molar-refractivity contribution in [3.63, 3.8) is 0 Å². The van der Waals surface area contributed by atoms with Gasteiger partial charge in [0.05, 0.1) is 12.9 Å². The first-order chi connectivity index (χ1) is 9.47. The van der Waals surface area contributed by atoms with E-state index in [2.05, 4.69) is 21.5 Å². The molecule has 10 heteroatoms. The highest BCUT2D eigenvalue weighted by Crippen LogP contribution is 2.13. The van der Waals surface area contributed by atoms with Gasteiger partial charge in [-0.3, -0.25) is 9.78 Å². The lowest BCUT2D eigenvalue weighted by Crippen LogP contribution is -2.13. The van der Waals surface area contributed by atoms with Crippen LogP contribution in [0.4, 0.5) is 5.95 Å². The molecular formula is C10H13N5O4P+. The van der Waals surface area contributed by atoms with Gasteiger partial charge in [-0.1, -0.05) is 6.58 Å². The van der Waals surface area contributed by atoms with E-state index in [9.17, 15) is 9.36 Å². The van der Waals surface area contributed by atoms with Gasteiger partial charge in [-0.15, -0.1) is 0 Å². The molecule has 20 heavy (non-hydrogen) atoms. The lowest BCUT2D eigenvalue weighted by molar-refractivity contribution is 0.193. The zero-order valence-corrected chi connectivity index (χ0v) is 11.3. The number of rotatable bonds is 6. The van der Waals surface area contributed by atoms with Gasteiger partial charge in [0, 0.05) is 6.54 Å². The number of aromatic nitrogens is 4. The van der Waals surface area contributed by atoms with Crippen molar-refractivity contribution < 1.29 is 14.2 Å². The summed E-state index contributed by atoms with van der Waals surface area (Å²) in [5.74, 6) is 0.00314. The molecule has 0 spiro atoms. The third kappa shape index (κ3) is 3.27. The van der Waals surface area contributed by atoms with Crippen molar-refractivity contribution in [1.82, 2.24) is 19.5 Å². The van der Waals surface area contributed by atoms with Crippen LogP contribution in [0.1, 0.15) is 0 Å². The van der Waals surface area contributed by atoms with E-state index < -0.39 is 13.6 Å². The summed E-state index contributed by atoms with van der Waals surface area (Å²) >= 11 is 0. The lowest BCUT2D eigenvalue weighted by atomic mass is 10.3. The Morgan fingerprint density at radius 1 is 1.65 bits per heavy atom. The van der Waals surface area contributed by atoms with Gasteiger partial charge in [0.1, 0.15) is 0 Å². The Morgan fingerprint density at radius 3 is 3.10 bits per heavy atom. The number of hydrogen-bond donors (Lipinski definition) is 3. The number of ether oxygens (including phenoxy) is 1. The summed E-state index contributed by atoms with van der Waals surface area (Å²) in [5, 5.41) is 0. The van der Waals surface area contributed by atoms with Crippen LogP contribution in [0.5, 0.6) is 0 Å². The van der Waals surface area contributed by atoms with Crippen LogP contribution in [0, 0.1) is 0 Å². The second-order valence-corrected chi connectivity index (χ2v) is 5.04. The first-order valence-electron chi connectivity index (χ1n) is 5.56. The first kappa shape index (κ1) is 14.3. The predicted molar refractivity (Wildman–Crippen MR) is 72.3 cm³/mol. The topological polar surface area (TPSA) is 136 Å². The van der Waals surface area contributed by atoms with Crippen molar-refractivity contribution in [2.24, 2.45) is 0 Å². The maximum Gasteiger partial charge on any atom is 0.534 e. The maximum absolute atomic E-state index is 11.6. The predicted octanol–water partition coefficient (Wildman–Crippen LogP) is -0.0332. The fourth-order valence-electron chi connectivity index (χ4n) is 1.64. The van der Waals surface area contributed by atoms with E-state index in [0.717, 1.165) is 0 Å². The lowest BCUT2D eigenvalue weighted by Gasteiger charge is -2.06. The highest BCUT2D eigenvalue weighted by Gasteiger charge is 2.12. The molecule has 0 aliphatic heterocycles. The van der Waals surface area contributed by atoms with Gasteiger partial charge in [0.25, 0.3) is 11.9 Å². The maximum atomic E-state index is 11.6. The molecule has 0 aliphatic carbocycles. The first-order valence-corrected chi connectivity index (χ1v) is 6.95. The van der Waals surface area contributed by atoms with E-state index in [4.69, 9.17) is 15.4 Å². The Kier molecular flexibility index (Phi) is 4.23. The van der Waals surface area contributed by atoms with Crippen molar-refractivity contribution in [2.75, 3.05) is 18.7 Å². The number of nitrogen functional groups attached to an aromatic ring is 1. The molecule has 1 atom stereocenters. The van der Waals surface area contributed by atoms with Crippen molar-refractivity contribution >= 4 is 25.1 Å². The number of H-pyrrole nitrogens is 1. The standard InChI is InChI=1S/C10H12N5O4P/c1-6(3-19-5-20(17)18)2-15-4-12-7-8(15)13-10(11)14-9(7)16/h4H,1-3,5H2,(H3-,11,13,14,16,17,18)/p+1. The molecule has 9 nitrogen and oxygen atoms in total. The summed E-state index contributed by atoms with van der Waals surface area (Å²) in [6.07, 6.45) is 1.20. The third-order valence-corrected chi connectivity index (χ3v) is 2.80. The number of hydrogen-bond acceptors (Lipinski definition) is 6. The average Bonchev–Trinajstić information content (AvgIpc) is 2.72. The highest BCUT2D eigenvalue weighted by atomic mass is 31.1. The van der Waals surface area contributed by atoms with Gasteiger partial charge in [0.15, 0.2) is 11.2 Å². The Balaban J connectivity index is 2.12. The zero-order valence-electron chi connectivity index (χ0n) is 10.4. The second-order valence-electron chi connectivity index (χ2n) is 4.08. The summed E-state index contributed by atoms with van der Waals surface area (Å²) in [6.45, 7) is 4.22. The van der Waals surface area contributed by atoms with Crippen molar-refractivity contribution in [3.05, 3.63) is 28.8 Å². The van der Waals surface area contributed by atoms with Crippen LogP contribution >= 0.6 is 8.03 Å². The Morgan fingerprint density at radius 2 is 2.40 bits per heavy atom. The van der Waals surface area contributed by atoms with Crippen LogP contribution in [-0.2, 0) is 15.8 Å². The van der Waals surface area contributed by atoms with E-state index >= 15 is 0 Å². The monoisotopic (exact) mass is 298 g/mol. The van der Waals surface area contributed by atoms with Crippen LogP contribution < -0.4 is 11.3 Å². The minimum absolute atomic E-state index is 0.00314. The van der Waals surface area contributed by atoms with E-state index in [1.165, 1.54) is 6.33 Å². The molecule has 0 amide bonds. The summed E-state index contributed by atoms with van der Waals surface area (Å²) < 4.78 is 17.1. The third-order valence-electron chi connectivity index (χ3n) is 2.39. The molecule has 0 aromatic carbocycles. The minimum atomic E-state index is -2.32. The molecule has 2 heterocycles.